The van der Waals surface area contributed by atoms with Crippen LogP contribution in [0.25, 0.3) is 5.69 Å². The van der Waals surface area contributed by atoms with E-state index in [0.717, 1.165) is 24.2 Å². The third kappa shape index (κ3) is 2.91. The van der Waals surface area contributed by atoms with Crippen LogP contribution in [0.3, 0.4) is 0 Å². The number of aromatic nitrogens is 3. The summed E-state index contributed by atoms with van der Waals surface area (Å²) in [4.78, 5) is 0. The molecule has 0 saturated heterocycles. The highest BCUT2D eigenvalue weighted by Crippen LogP contribution is 2.10. The number of nitrogens with zero attached hydrogens (tertiary/aromatic N) is 3. The Morgan fingerprint density at radius 3 is 2.59 bits per heavy atom. The molecule has 0 bridgehead atoms. The van der Waals surface area contributed by atoms with E-state index < -0.39 is 0 Å². The van der Waals surface area contributed by atoms with Gasteiger partial charge in [-0.15, -0.1) is 5.10 Å². The summed E-state index contributed by atoms with van der Waals surface area (Å²) in [5, 5.41) is 16.8. The molecule has 0 radical (unpaired) electrons. The zero-order chi connectivity index (χ0) is 12.1. The Hall–Kier alpha value is -1.68. The maximum absolute atomic E-state index is 8.82. The first-order valence-corrected chi connectivity index (χ1v) is 5.95. The van der Waals surface area contributed by atoms with Crippen molar-refractivity contribution >= 4 is 0 Å². The lowest BCUT2D eigenvalue weighted by Gasteiger charge is -2.02. The van der Waals surface area contributed by atoms with E-state index in [0.29, 0.717) is 6.42 Å². The van der Waals surface area contributed by atoms with Crippen molar-refractivity contribution in [3.63, 3.8) is 0 Å². The lowest BCUT2D eigenvalue weighted by molar-refractivity contribution is 0.298. The van der Waals surface area contributed by atoms with Gasteiger partial charge in [-0.2, -0.15) is 0 Å². The number of hydrogen-bond acceptors (Lipinski definition) is 3. The van der Waals surface area contributed by atoms with Crippen LogP contribution in [-0.2, 0) is 12.8 Å². The van der Waals surface area contributed by atoms with Crippen molar-refractivity contribution in [2.24, 2.45) is 0 Å². The van der Waals surface area contributed by atoms with Gasteiger partial charge in [0.25, 0.3) is 0 Å². The molecule has 0 aliphatic carbocycles. The van der Waals surface area contributed by atoms with Gasteiger partial charge in [-0.3, -0.25) is 0 Å². The van der Waals surface area contributed by atoms with Crippen molar-refractivity contribution in [2.75, 3.05) is 6.61 Å². The summed E-state index contributed by atoms with van der Waals surface area (Å²) in [6.45, 7) is 2.28. The molecule has 4 nitrogen and oxygen atoms in total. The van der Waals surface area contributed by atoms with Gasteiger partial charge < -0.3 is 5.11 Å². The lowest BCUT2D eigenvalue weighted by atomic mass is 10.1. The first-order valence-electron chi connectivity index (χ1n) is 5.95. The molecule has 1 aromatic heterocycles. The van der Waals surface area contributed by atoms with Crippen molar-refractivity contribution in [1.82, 2.24) is 15.0 Å². The lowest BCUT2D eigenvalue weighted by Crippen LogP contribution is -1.95. The Balaban J connectivity index is 2.15. The second-order valence-electron chi connectivity index (χ2n) is 4.04. The van der Waals surface area contributed by atoms with Crippen LogP contribution in [0.5, 0.6) is 0 Å². The van der Waals surface area contributed by atoms with Gasteiger partial charge in [0.15, 0.2) is 0 Å². The van der Waals surface area contributed by atoms with Gasteiger partial charge in [-0.05, 0) is 24.1 Å². The molecule has 0 atom stereocenters. The predicted molar refractivity (Wildman–Crippen MR) is 66.1 cm³/mol. The molecule has 90 valence electrons. The van der Waals surface area contributed by atoms with Crippen molar-refractivity contribution in [1.29, 1.82) is 0 Å². The molecule has 2 rings (SSSR count). The van der Waals surface area contributed by atoms with E-state index in [4.69, 9.17) is 5.11 Å². The fourth-order valence-corrected chi connectivity index (χ4v) is 1.76. The van der Waals surface area contributed by atoms with Gasteiger partial charge in [-0.25, -0.2) is 4.68 Å². The predicted octanol–water partition coefficient (Wildman–Crippen LogP) is 1.75. The summed E-state index contributed by atoms with van der Waals surface area (Å²) in [6, 6.07) is 8.32. The molecule has 0 unspecified atom stereocenters. The number of hydrogen-bond donors (Lipinski definition) is 1. The summed E-state index contributed by atoms with van der Waals surface area (Å²) in [7, 11) is 0. The molecular weight excluding hydrogens is 214 g/mol. The Morgan fingerprint density at radius 1 is 1.18 bits per heavy atom. The number of aryl methyl sites for hydroxylation is 1. The monoisotopic (exact) mass is 231 g/mol. The Bertz CT molecular complexity index is 462. The Kier molecular flexibility index (Phi) is 3.88. The summed E-state index contributed by atoms with van der Waals surface area (Å²) >= 11 is 0. The molecular formula is C13H17N3O. The summed E-state index contributed by atoms with van der Waals surface area (Å²) in [5.41, 5.74) is 3.15. The normalized spacial score (nSPS) is 10.7. The average Bonchev–Trinajstić information content (AvgIpc) is 2.80. The molecule has 4 heteroatoms. The smallest absolute Gasteiger partial charge is 0.0854 e. The molecule has 0 aliphatic rings. The van der Waals surface area contributed by atoms with E-state index in [1.165, 1.54) is 5.56 Å². The van der Waals surface area contributed by atoms with Gasteiger partial charge >= 0.3 is 0 Å². The fraction of sp³-hybridized carbons (Fsp3) is 0.385. The number of aliphatic hydroxyl groups excluding tert-OH is 1. The van der Waals surface area contributed by atoms with Crippen LogP contribution in [-0.4, -0.2) is 26.7 Å². The summed E-state index contributed by atoms with van der Waals surface area (Å²) < 4.78 is 1.74. The first kappa shape index (κ1) is 11.8. The highest BCUT2D eigenvalue weighted by atomic mass is 16.3. The Labute approximate surface area is 101 Å². The molecule has 2 aromatic rings. The summed E-state index contributed by atoms with van der Waals surface area (Å²) in [5.74, 6) is 0. The van der Waals surface area contributed by atoms with Crippen LogP contribution in [0, 0.1) is 0 Å². The van der Waals surface area contributed by atoms with Crippen LogP contribution in [0.1, 0.15) is 24.6 Å². The number of benzene rings is 1. The second kappa shape index (κ2) is 5.59. The maximum atomic E-state index is 8.82. The van der Waals surface area contributed by atoms with Gasteiger partial charge in [0.1, 0.15) is 0 Å². The van der Waals surface area contributed by atoms with E-state index in [-0.39, 0.29) is 6.61 Å². The third-order valence-corrected chi connectivity index (χ3v) is 2.65. The largest absolute Gasteiger partial charge is 0.396 e. The van der Waals surface area contributed by atoms with Crippen molar-refractivity contribution in [3.05, 3.63) is 41.7 Å². The van der Waals surface area contributed by atoms with Gasteiger partial charge in [0.05, 0.1) is 17.6 Å². The minimum absolute atomic E-state index is 0.105. The molecule has 1 N–H and O–H groups in total. The zero-order valence-corrected chi connectivity index (χ0v) is 10.0. The van der Waals surface area contributed by atoms with E-state index in [2.05, 4.69) is 29.4 Å². The van der Waals surface area contributed by atoms with Gasteiger partial charge in [-0.1, -0.05) is 30.7 Å². The van der Waals surface area contributed by atoms with E-state index >= 15 is 0 Å². The van der Waals surface area contributed by atoms with Crippen LogP contribution in [0.2, 0.25) is 0 Å². The van der Waals surface area contributed by atoms with Crippen LogP contribution in [0.4, 0.5) is 0 Å². The quantitative estimate of drug-likeness (QED) is 0.853. The zero-order valence-electron chi connectivity index (χ0n) is 10.0. The molecule has 0 amide bonds. The van der Waals surface area contributed by atoms with Crippen LogP contribution >= 0.6 is 0 Å². The third-order valence-electron chi connectivity index (χ3n) is 2.65. The minimum atomic E-state index is 0.105. The van der Waals surface area contributed by atoms with Gasteiger partial charge in [0.2, 0.25) is 0 Å². The fourth-order valence-electron chi connectivity index (χ4n) is 1.76. The highest BCUT2D eigenvalue weighted by molar-refractivity contribution is 5.33. The van der Waals surface area contributed by atoms with Crippen LogP contribution in [0.15, 0.2) is 30.5 Å². The van der Waals surface area contributed by atoms with E-state index in [1.807, 2.05) is 18.3 Å². The first-order chi connectivity index (χ1) is 8.33. The molecule has 0 fully saturated rings. The van der Waals surface area contributed by atoms with E-state index in [9.17, 15) is 0 Å². The van der Waals surface area contributed by atoms with Crippen molar-refractivity contribution < 1.29 is 5.11 Å². The molecule has 0 aliphatic heterocycles. The molecule has 17 heavy (non-hydrogen) atoms. The number of aliphatic hydroxyl groups is 1. The molecule has 0 saturated carbocycles. The van der Waals surface area contributed by atoms with Crippen molar-refractivity contribution in [2.45, 2.75) is 26.2 Å². The Morgan fingerprint density at radius 2 is 1.94 bits per heavy atom. The topological polar surface area (TPSA) is 50.9 Å². The highest BCUT2D eigenvalue weighted by Gasteiger charge is 2.02. The maximum Gasteiger partial charge on any atom is 0.0854 e. The molecule has 0 spiro atoms. The standard InChI is InChI=1S/C13H17N3O/c1-2-3-11-4-6-13(7-5-11)16-10-12(8-9-17)14-15-16/h4-7,10,17H,2-3,8-9H2,1H3. The van der Waals surface area contributed by atoms with Gasteiger partial charge in [0, 0.05) is 13.0 Å². The number of rotatable bonds is 5. The van der Waals surface area contributed by atoms with Crippen LogP contribution < -0.4 is 0 Å². The SMILES string of the molecule is CCCc1ccc(-n2cc(CCO)nn2)cc1. The summed E-state index contributed by atoms with van der Waals surface area (Å²) in [6.07, 6.45) is 4.66. The molecule has 1 heterocycles. The van der Waals surface area contributed by atoms with E-state index in [1.54, 1.807) is 4.68 Å². The average molecular weight is 231 g/mol. The molecule has 1 aromatic carbocycles. The van der Waals surface area contributed by atoms with Crippen molar-refractivity contribution in [3.8, 4) is 5.69 Å². The minimum Gasteiger partial charge on any atom is -0.396 e. The second-order valence-corrected chi connectivity index (χ2v) is 4.04.